The van der Waals surface area contributed by atoms with Gasteiger partial charge >= 0.3 is 0 Å². The molecule has 3 aliphatic heterocycles. The molecule has 0 saturated carbocycles. The summed E-state index contributed by atoms with van der Waals surface area (Å²) in [7, 11) is 0. The van der Waals surface area contributed by atoms with E-state index in [-0.39, 0.29) is 54.0 Å². The van der Waals surface area contributed by atoms with Crippen LogP contribution >= 0.6 is 12.4 Å². The van der Waals surface area contributed by atoms with Gasteiger partial charge in [0.1, 0.15) is 6.04 Å². The van der Waals surface area contributed by atoms with Gasteiger partial charge in [0.05, 0.1) is 6.04 Å². The van der Waals surface area contributed by atoms with E-state index in [4.69, 9.17) is 0 Å². The lowest BCUT2D eigenvalue weighted by Crippen LogP contribution is -2.54. The fourth-order valence-electron chi connectivity index (χ4n) is 4.64. The van der Waals surface area contributed by atoms with Gasteiger partial charge < -0.3 is 20.4 Å². The molecule has 3 amide bonds. The van der Waals surface area contributed by atoms with Crippen molar-refractivity contribution in [3.63, 3.8) is 0 Å². The van der Waals surface area contributed by atoms with Crippen molar-refractivity contribution < 1.29 is 14.4 Å². The van der Waals surface area contributed by atoms with Crippen LogP contribution in [0.3, 0.4) is 0 Å². The van der Waals surface area contributed by atoms with Crippen molar-refractivity contribution in [2.45, 2.75) is 64.5 Å². The zero-order valence-electron chi connectivity index (χ0n) is 17.1. The molecule has 3 atom stereocenters. The molecule has 3 unspecified atom stereocenters. The molecule has 28 heavy (non-hydrogen) atoms. The molecule has 3 heterocycles. The van der Waals surface area contributed by atoms with E-state index in [0.717, 1.165) is 45.2 Å². The van der Waals surface area contributed by atoms with Crippen LogP contribution in [0, 0.1) is 11.8 Å². The Balaban J connectivity index is 0.00000280. The molecule has 3 rings (SSSR count). The number of hydrogen-bond donors (Lipinski definition) is 2. The van der Waals surface area contributed by atoms with Crippen LogP contribution in [0.5, 0.6) is 0 Å². The van der Waals surface area contributed by atoms with E-state index in [1.54, 1.807) is 4.90 Å². The van der Waals surface area contributed by atoms with Gasteiger partial charge in [0, 0.05) is 32.6 Å². The van der Waals surface area contributed by atoms with Gasteiger partial charge in [-0.3, -0.25) is 14.4 Å². The number of halogens is 1. The van der Waals surface area contributed by atoms with Crippen LogP contribution in [-0.2, 0) is 14.4 Å². The monoisotopic (exact) mass is 414 g/mol. The quantitative estimate of drug-likeness (QED) is 0.683. The predicted molar refractivity (Wildman–Crippen MR) is 110 cm³/mol. The SMILES string of the molecule is CC(C)C(C(=O)N1CCCC(CNC(=O)C2CCCN2)C1)N1CCCC1=O.Cl. The third-order valence-electron chi connectivity index (χ3n) is 6.10. The average molecular weight is 415 g/mol. The van der Waals surface area contributed by atoms with Crippen molar-refractivity contribution >= 4 is 30.1 Å². The molecule has 3 aliphatic rings. The zero-order chi connectivity index (χ0) is 19.4. The van der Waals surface area contributed by atoms with E-state index in [1.807, 2.05) is 18.7 Å². The lowest BCUT2D eigenvalue weighted by atomic mass is 9.95. The second-order valence-corrected chi connectivity index (χ2v) is 8.57. The molecular weight excluding hydrogens is 380 g/mol. The van der Waals surface area contributed by atoms with Crippen molar-refractivity contribution in [2.75, 3.05) is 32.7 Å². The number of carbonyl (C=O) groups excluding carboxylic acids is 3. The summed E-state index contributed by atoms with van der Waals surface area (Å²) in [5.41, 5.74) is 0. The Kier molecular flexibility index (Phi) is 8.56. The molecule has 3 fully saturated rings. The second kappa shape index (κ2) is 10.4. The maximum atomic E-state index is 13.2. The Morgan fingerprint density at radius 1 is 1.18 bits per heavy atom. The second-order valence-electron chi connectivity index (χ2n) is 8.57. The molecule has 160 valence electrons. The van der Waals surface area contributed by atoms with E-state index < -0.39 is 0 Å². The summed E-state index contributed by atoms with van der Waals surface area (Å²) in [5.74, 6) is 0.655. The first-order valence-electron chi connectivity index (χ1n) is 10.6. The Hall–Kier alpha value is -1.34. The summed E-state index contributed by atoms with van der Waals surface area (Å²) in [4.78, 5) is 41.3. The molecule has 0 aromatic rings. The van der Waals surface area contributed by atoms with Crippen LogP contribution in [0.25, 0.3) is 0 Å². The molecule has 0 aromatic heterocycles. The fourth-order valence-corrected chi connectivity index (χ4v) is 4.64. The van der Waals surface area contributed by atoms with Crippen LogP contribution in [0.15, 0.2) is 0 Å². The molecule has 0 radical (unpaired) electrons. The number of likely N-dealkylation sites (tertiary alicyclic amines) is 2. The van der Waals surface area contributed by atoms with Gasteiger partial charge in [-0.15, -0.1) is 12.4 Å². The molecule has 8 heteroatoms. The van der Waals surface area contributed by atoms with E-state index in [1.165, 1.54) is 0 Å². The van der Waals surface area contributed by atoms with Crippen molar-refractivity contribution in [2.24, 2.45) is 11.8 Å². The van der Waals surface area contributed by atoms with Gasteiger partial charge in [0.25, 0.3) is 0 Å². The van der Waals surface area contributed by atoms with Crippen LogP contribution in [0.4, 0.5) is 0 Å². The topological polar surface area (TPSA) is 81.8 Å². The predicted octanol–water partition coefficient (Wildman–Crippen LogP) is 1.16. The van der Waals surface area contributed by atoms with E-state index in [2.05, 4.69) is 10.6 Å². The lowest BCUT2D eigenvalue weighted by Gasteiger charge is -2.38. The van der Waals surface area contributed by atoms with Crippen molar-refractivity contribution in [3.05, 3.63) is 0 Å². The minimum absolute atomic E-state index is 0. The lowest BCUT2D eigenvalue weighted by molar-refractivity contribution is -0.146. The molecule has 3 saturated heterocycles. The Morgan fingerprint density at radius 2 is 1.96 bits per heavy atom. The van der Waals surface area contributed by atoms with Gasteiger partial charge in [-0.2, -0.15) is 0 Å². The molecule has 0 aromatic carbocycles. The third kappa shape index (κ3) is 5.38. The van der Waals surface area contributed by atoms with Crippen LogP contribution in [0.1, 0.15) is 52.4 Å². The normalized spacial score (nSPS) is 26.3. The number of piperidine rings is 1. The first-order chi connectivity index (χ1) is 13.0. The van der Waals surface area contributed by atoms with E-state index >= 15 is 0 Å². The van der Waals surface area contributed by atoms with Gasteiger partial charge in [0.15, 0.2) is 0 Å². The van der Waals surface area contributed by atoms with Crippen LogP contribution in [0.2, 0.25) is 0 Å². The van der Waals surface area contributed by atoms with Crippen LogP contribution < -0.4 is 10.6 Å². The molecule has 0 aliphatic carbocycles. The van der Waals surface area contributed by atoms with Gasteiger partial charge in [-0.1, -0.05) is 13.8 Å². The molecule has 0 bridgehead atoms. The maximum Gasteiger partial charge on any atom is 0.245 e. The summed E-state index contributed by atoms with van der Waals surface area (Å²) in [6.07, 6.45) is 5.33. The summed E-state index contributed by atoms with van der Waals surface area (Å²) >= 11 is 0. The van der Waals surface area contributed by atoms with Gasteiger partial charge in [0.2, 0.25) is 17.7 Å². The number of carbonyl (C=O) groups is 3. The van der Waals surface area contributed by atoms with E-state index in [9.17, 15) is 14.4 Å². The smallest absolute Gasteiger partial charge is 0.245 e. The minimum atomic E-state index is -0.351. The third-order valence-corrected chi connectivity index (χ3v) is 6.10. The number of rotatable bonds is 6. The average Bonchev–Trinajstić information content (AvgIpc) is 3.32. The zero-order valence-corrected chi connectivity index (χ0v) is 17.9. The summed E-state index contributed by atoms with van der Waals surface area (Å²) in [5, 5.41) is 6.28. The van der Waals surface area contributed by atoms with Crippen LogP contribution in [-0.4, -0.2) is 72.3 Å². The largest absolute Gasteiger partial charge is 0.354 e. The first kappa shape index (κ1) is 22.9. The number of nitrogens with one attached hydrogen (secondary N) is 2. The standard InChI is InChI=1S/C20H34N4O3.ClH/c1-14(2)18(24-11-5-8-17(24)25)20(27)23-10-4-6-15(13-23)12-22-19(26)16-7-3-9-21-16;/h14-16,18,21H,3-13H2,1-2H3,(H,22,26);1H. The van der Waals surface area contributed by atoms with Gasteiger partial charge in [-0.05, 0) is 50.5 Å². The Morgan fingerprint density at radius 3 is 2.57 bits per heavy atom. The summed E-state index contributed by atoms with van der Waals surface area (Å²) in [6.45, 7) is 7.68. The first-order valence-corrected chi connectivity index (χ1v) is 10.6. The van der Waals surface area contributed by atoms with Gasteiger partial charge in [-0.25, -0.2) is 0 Å². The Bertz CT molecular complexity index is 566. The number of amides is 3. The molecule has 7 nitrogen and oxygen atoms in total. The van der Waals surface area contributed by atoms with E-state index in [0.29, 0.717) is 26.1 Å². The number of hydrogen-bond acceptors (Lipinski definition) is 4. The Labute approximate surface area is 174 Å². The van der Waals surface area contributed by atoms with Crippen molar-refractivity contribution in [1.29, 1.82) is 0 Å². The highest BCUT2D eigenvalue weighted by molar-refractivity contribution is 5.89. The molecule has 0 spiro atoms. The summed E-state index contributed by atoms with van der Waals surface area (Å²) in [6, 6.07) is -0.408. The molecular formula is C20H35ClN4O3. The minimum Gasteiger partial charge on any atom is -0.354 e. The highest BCUT2D eigenvalue weighted by atomic mass is 35.5. The number of nitrogens with zero attached hydrogens (tertiary/aromatic N) is 2. The fraction of sp³-hybridized carbons (Fsp3) is 0.850. The molecule has 2 N–H and O–H groups in total. The van der Waals surface area contributed by atoms with Crippen molar-refractivity contribution in [3.8, 4) is 0 Å². The van der Waals surface area contributed by atoms with Crippen molar-refractivity contribution in [1.82, 2.24) is 20.4 Å². The highest BCUT2D eigenvalue weighted by Crippen LogP contribution is 2.24. The summed E-state index contributed by atoms with van der Waals surface area (Å²) < 4.78 is 0. The highest BCUT2D eigenvalue weighted by Gasteiger charge is 2.38. The maximum absolute atomic E-state index is 13.2.